The predicted molar refractivity (Wildman–Crippen MR) is 75.5 cm³/mol. The fourth-order valence-electron chi connectivity index (χ4n) is 2.19. The van der Waals surface area contributed by atoms with Gasteiger partial charge in [-0.15, -0.1) is 0 Å². The number of aryl methyl sites for hydroxylation is 1. The summed E-state index contributed by atoms with van der Waals surface area (Å²) in [5.74, 6) is 6.87. The van der Waals surface area contributed by atoms with Gasteiger partial charge >= 0.3 is 0 Å². The third kappa shape index (κ3) is 4.36. The van der Waals surface area contributed by atoms with Crippen molar-refractivity contribution in [1.82, 2.24) is 10.3 Å². The lowest BCUT2D eigenvalue weighted by Gasteiger charge is -2.25. The molecule has 0 radical (unpaired) electrons. The molecule has 1 aromatic heterocycles. The number of nitrogen functional groups attached to an aromatic ring is 1. The summed E-state index contributed by atoms with van der Waals surface area (Å²) in [5.41, 5.74) is 2.63. The Balaban J connectivity index is 2.70. The van der Waals surface area contributed by atoms with Crippen molar-refractivity contribution >= 4 is 5.91 Å². The van der Waals surface area contributed by atoms with E-state index in [1.807, 2.05) is 0 Å². The van der Waals surface area contributed by atoms with Gasteiger partial charge in [-0.1, -0.05) is 13.8 Å². The normalized spacial score (nSPS) is 13.1. The Kier molecular flexibility index (Phi) is 5.57. The van der Waals surface area contributed by atoms with Crippen LogP contribution in [0, 0.1) is 12.8 Å². The van der Waals surface area contributed by atoms with Crippen molar-refractivity contribution in [2.45, 2.75) is 46.7 Å². The van der Waals surface area contributed by atoms with Crippen LogP contribution in [-0.2, 0) is 6.54 Å². The Morgan fingerprint density at radius 1 is 1.47 bits per heavy atom. The average molecular weight is 267 g/mol. The zero-order valence-corrected chi connectivity index (χ0v) is 12.5. The summed E-state index contributed by atoms with van der Waals surface area (Å²) in [6.45, 7) is 9.08. The van der Waals surface area contributed by atoms with E-state index < -0.39 is 0 Å². The van der Waals surface area contributed by atoms with Gasteiger partial charge in [-0.3, -0.25) is 15.1 Å². The molecule has 1 unspecified atom stereocenters. The summed E-state index contributed by atoms with van der Waals surface area (Å²) in [6, 6.07) is 2.23. The number of carbonyl (C=O) groups is 1. The predicted octanol–water partition coefficient (Wildman–Crippen LogP) is 2.06. The van der Waals surface area contributed by atoms with Crippen molar-refractivity contribution in [3.05, 3.63) is 23.2 Å². The Labute approximate surface area is 115 Å². The smallest absolute Gasteiger partial charge is 0.268 e. The highest BCUT2D eigenvalue weighted by atomic mass is 16.3. The molecule has 5 nitrogen and oxygen atoms in total. The van der Waals surface area contributed by atoms with E-state index in [0.29, 0.717) is 29.8 Å². The van der Waals surface area contributed by atoms with Gasteiger partial charge in [0.1, 0.15) is 11.5 Å². The maximum Gasteiger partial charge on any atom is 0.268 e. The summed E-state index contributed by atoms with van der Waals surface area (Å²) in [6.07, 6.45) is 1.13. The van der Waals surface area contributed by atoms with Crippen LogP contribution in [-0.4, -0.2) is 23.9 Å². The van der Waals surface area contributed by atoms with E-state index in [1.54, 1.807) is 13.0 Å². The lowest BCUT2D eigenvalue weighted by Crippen LogP contribution is -2.30. The van der Waals surface area contributed by atoms with Crippen molar-refractivity contribution < 1.29 is 9.21 Å². The molecule has 1 amide bonds. The van der Waals surface area contributed by atoms with Crippen LogP contribution < -0.4 is 11.3 Å². The van der Waals surface area contributed by atoms with Gasteiger partial charge in [0, 0.05) is 6.04 Å². The topological polar surface area (TPSA) is 71.5 Å². The molecule has 0 aromatic carbocycles. The quantitative estimate of drug-likeness (QED) is 0.470. The molecule has 1 rings (SSSR count). The van der Waals surface area contributed by atoms with Crippen molar-refractivity contribution in [2.24, 2.45) is 11.8 Å². The molecule has 1 atom stereocenters. The number of hydrazine groups is 1. The van der Waals surface area contributed by atoms with Crippen LogP contribution >= 0.6 is 0 Å². The number of rotatable bonds is 6. The summed E-state index contributed by atoms with van der Waals surface area (Å²) in [4.78, 5) is 13.7. The summed E-state index contributed by atoms with van der Waals surface area (Å²) < 4.78 is 5.61. The maximum absolute atomic E-state index is 11.5. The summed E-state index contributed by atoms with van der Waals surface area (Å²) in [7, 11) is 2.06. The summed E-state index contributed by atoms with van der Waals surface area (Å²) in [5, 5.41) is 0. The zero-order chi connectivity index (χ0) is 14.6. The van der Waals surface area contributed by atoms with Crippen LogP contribution in [0.15, 0.2) is 10.5 Å². The number of hydrogen-bond acceptors (Lipinski definition) is 4. The van der Waals surface area contributed by atoms with Gasteiger partial charge in [-0.2, -0.15) is 0 Å². The highest BCUT2D eigenvalue weighted by Gasteiger charge is 2.17. The molecule has 5 heteroatoms. The van der Waals surface area contributed by atoms with E-state index in [9.17, 15) is 4.79 Å². The minimum absolute atomic E-state index is 0.314. The number of furan rings is 1. The molecular weight excluding hydrogens is 242 g/mol. The lowest BCUT2D eigenvalue weighted by atomic mass is 10.0. The van der Waals surface area contributed by atoms with Gasteiger partial charge < -0.3 is 4.42 Å². The Bertz CT molecular complexity index is 426. The van der Waals surface area contributed by atoms with Crippen LogP contribution in [0.25, 0.3) is 0 Å². The second-order valence-corrected chi connectivity index (χ2v) is 5.55. The molecule has 1 aromatic rings. The zero-order valence-electron chi connectivity index (χ0n) is 12.5. The number of carbonyl (C=O) groups excluding carboxylic acids is 1. The molecule has 0 fully saturated rings. The number of amides is 1. The molecule has 0 bridgehead atoms. The second kappa shape index (κ2) is 6.73. The minimum atomic E-state index is -0.314. The fraction of sp³-hybridized carbons (Fsp3) is 0.643. The monoisotopic (exact) mass is 267 g/mol. The molecule has 1 heterocycles. The van der Waals surface area contributed by atoms with Crippen LogP contribution in [0.4, 0.5) is 0 Å². The second-order valence-electron chi connectivity index (χ2n) is 5.55. The first-order valence-electron chi connectivity index (χ1n) is 6.65. The largest absolute Gasteiger partial charge is 0.464 e. The van der Waals surface area contributed by atoms with Gasteiger partial charge in [0.15, 0.2) is 0 Å². The number of nitrogens with zero attached hydrogens (tertiary/aromatic N) is 1. The van der Waals surface area contributed by atoms with E-state index >= 15 is 0 Å². The standard InChI is InChI=1S/C14H25N3O2/c1-9(2)6-10(3)17(5)8-12-7-13(11(4)19-12)14(18)16-15/h7,9-10H,6,8,15H2,1-5H3,(H,16,18). The average Bonchev–Trinajstić information content (AvgIpc) is 2.68. The van der Waals surface area contributed by atoms with Crippen LogP contribution in [0.5, 0.6) is 0 Å². The third-order valence-electron chi connectivity index (χ3n) is 3.31. The van der Waals surface area contributed by atoms with Crippen molar-refractivity contribution in [3.63, 3.8) is 0 Å². The van der Waals surface area contributed by atoms with E-state index in [-0.39, 0.29) is 5.91 Å². The Hall–Kier alpha value is -1.33. The third-order valence-corrected chi connectivity index (χ3v) is 3.31. The van der Waals surface area contributed by atoms with Crippen LogP contribution in [0.3, 0.4) is 0 Å². The molecule has 108 valence electrons. The van der Waals surface area contributed by atoms with Crippen molar-refractivity contribution in [3.8, 4) is 0 Å². The van der Waals surface area contributed by atoms with E-state index in [2.05, 4.69) is 38.1 Å². The summed E-state index contributed by atoms with van der Waals surface area (Å²) >= 11 is 0. The Morgan fingerprint density at radius 3 is 2.63 bits per heavy atom. The minimum Gasteiger partial charge on any atom is -0.464 e. The van der Waals surface area contributed by atoms with E-state index in [1.165, 1.54) is 0 Å². The molecular formula is C14H25N3O2. The SMILES string of the molecule is Cc1oc(CN(C)C(C)CC(C)C)cc1C(=O)NN. The number of nitrogens with one attached hydrogen (secondary N) is 1. The van der Waals surface area contributed by atoms with E-state index in [0.717, 1.165) is 12.2 Å². The van der Waals surface area contributed by atoms with Crippen LogP contribution in [0.2, 0.25) is 0 Å². The number of hydrogen-bond donors (Lipinski definition) is 2. The first-order valence-corrected chi connectivity index (χ1v) is 6.65. The molecule has 0 saturated heterocycles. The fourth-order valence-corrected chi connectivity index (χ4v) is 2.19. The highest BCUT2D eigenvalue weighted by Crippen LogP contribution is 2.18. The van der Waals surface area contributed by atoms with Crippen LogP contribution in [0.1, 0.15) is 49.1 Å². The molecule has 0 saturated carbocycles. The molecule has 19 heavy (non-hydrogen) atoms. The number of nitrogens with two attached hydrogens (primary N) is 1. The highest BCUT2D eigenvalue weighted by molar-refractivity contribution is 5.94. The molecule has 0 spiro atoms. The van der Waals surface area contributed by atoms with Gasteiger partial charge in [0.05, 0.1) is 12.1 Å². The molecule has 0 aliphatic heterocycles. The molecule has 0 aliphatic carbocycles. The molecule has 0 aliphatic rings. The first-order chi connectivity index (χ1) is 8.85. The maximum atomic E-state index is 11.5. The first kappa shape index (κ1) is 15.7. The van der Waals surface area contributed by atoms with Gasteiger partial charge in [-0.05, 0) is 39.3 Å². The molecule has 3 N–H and O–H groups in total. The van der Waals surface area contributed by atoms with Gasteiger partial charge in [-0.25, -0.2) is 5.84 Å². The van der Waals surface area contributed by atoms with Crippen molar-refractivity contribution in [2.75, 3.05) is 7.05 Å². The lowest BCUT2D eigenvalue weighted by molar-refractivity contribution is 0.0952. The van der Waals surface area contributed by atoms with E-state index in [4.69, 9.17) is 10.3 Å². The van der Waals surface area contributed by atoms with Gasteiger partial charge in [0.25, 0.3) is 5.91 Å². The van der Waals surface area contributed by atoms with Gasteiger partial charge in [0.2, 0.25) is 0 Å². The van der Waals surface area contributed by atoms with Crippen molar-refractivity contribution in [1.29, 1.82) is 0 Å². The Morgan fingerprint density at radius 2 is 2.11 bits per heavy atom.